The molecule has 0 radical (unpaired) electrons. The maximum Gasteiger partial charge on any atom is 0.385 e. The van der Waals surface area contributed by atoms with Gasteiger partial charge in [0.05, 0.1) is 22.6 Å². The third-order valence-electron chi connectivity index (χ3n) is 2.29. The number of nitro benzene ring substituents is 1. The van der Waals surface area contributed by atoms with Crippen molar-refractivity contribution in [1.29, 1.82) is 5.26 Å². The molecule has 0 fully saturated rings. The lowest BCUT2D eigenvalue weighted by Gasteiger charge is -2.06. The van der Waals surface area contributed by atoms with E-state index in [4.69, 9.17) is 10.00 Å². The van der Waals surface area contributed by atoms with Crippen LogP contribution in [0.15, 0.2) is 42.6 Å². The van der Waals surface area contributed by atoms with Crippen LogP contribution in [0.1, 0.15) is 5.56 Å². The summed E-state index contributed by atoms with van der Waals surface area (Å²) in [7, 11) is 0. The van der Waals surface area contributed by atoms with Crippen LogP contribution in [0.4, 0.5) is 5.69 Å². The van der Waals surface area contributed by atoms with Gasteiger partial charge in [-0.05, 0) is 12.1 Å². The zero-order valence-corrected chi connectivity index (χ0v) is 9.52. The summed E-state index contributed by atoms with van der Waals surface area (Å²) in [5.74, 6) is -0.263. The van der Waals surface area contributed by atoms with Crippen molar-refractivity contribution in [2.45, 2.75) is 0 Å². The van der Waals surface area contributed by atoms with Crippen molar-refractivity contribution in [3.05, 3.63) is 63.5 Å². The van der Waals surface area contributed by atoms with Crippen LogP contribution in [0.2, 0.25) is 0 Å². The van der Waals surface area contributed by atoms with Crippen LogP contribution in [0, 0.1) is 26.7 Å². The molecule has 0 aliphatic rings. The topological polar surface area (TPSA) is 103 Å². The molecular weight excluding hydrogens is 250 g/mol. The molecular formula is C12H7N3O4. The van der Waals surface area contributed by atoms with E-state index in [1.165, 1.54) is 30.5 Å². The SMILES string of the molecule is N#Cc1ccc([N+](=O)[O-])c(Oc2cccc[n+]2[O-])c1. The maximum absolute atomic E-state index is 11.4. The fourth-order valence-electron chi connectivity index (χ4n) is 1.42. The molecule has 0 N–H and O–H groups in total. The Balaban J connectivity index is 2.46. The van der Waals surface area contributed by atoms with Crippen molar-refractivity contribution in [3.63, 3.8) is 0 Å². The Morgan fingerprint density at radius 2 is 2.11 bits per heavy atom. The summed E-state index contributed by atoms with van der Waals surface area (Å²) in [6.07, 6.45) is 1.20. The molecule has 0 saturated heterocycles. The van der Waals surface area contributed by atoms with Crippen LogP contribution in [0.5, 0.6) is 11.6 Å². The first-order valence-electron chi connectivity index (χ1n) is 5.16. The Bertz CT molecular complexity index is 679. The number of benzene rings is 1. The Morgan fingerprint density at radius 1 is 1.32 bits per heavy atom. The maximum atomic E-state index is 11.4. The zero-order valence-electron chi connectivity index (χ0n) is 9.52. The minimum atomic E-state index is -0.644. The van der Waals surface area contributed by atoms with Crippen molar-refractivity contribution < 1.29 is 14.4 Å². The van der Waals surface area contributed by atoms with E-state index in [2.05, 4.69) is 0 Å². The Labute approximate surface area is 107 Å². The van der Waals surface area contributed by atoms with E-state index in [1.54, 1.807) is 6.07 Å². The molecule has 1 aromatic carbocycles. The number of ether oxygens (including phenoxy) is 1. The minimum Gasteiger partial charge on any atom is -0.616 e. The summed E-state index contributed by atoms with van der Waals surface area (Å²) < 4.78 is 5.64. The highest BCUT2D eigenvalue weighted by molar-refractivity contribution is 5.52. The first kappa shape index (κ1) is 12.3. The number of nitriles is 1. The van der Waals surface area contributed by atoms with Crippen LogP contribution in [0.25, 0.3) is 0 Å². The van der Waals surface area contributed by atoms with Gasteiger partial charge in [-0.2, -0.15) is 5.26 Å². The first-order chi connectivity index (χ1) is 9.11. The molecule has 1 aromatic heterocycles. The second-order valence-electron chi connectivity index (χ2n) is 3.52. The summed E-state index contributed by atoms with van der Waals surface area (Å²) >= 11 is 0. The van der Waals surface area contributed by atoms with E-state index in [0.717, 1.165) is 6.07 Å². The highest BCUT2D eigenvalue weighted by Crippen LogP contribution is 2.30. The number of aromatic nitrogens is 1. The van der Waals surface area contributed by atoms with E-state index >= 15 is 0 Å². The van der Waals surface area contributed by atoms with Crippen LogP contribution in [0.3, 0.4) is 0 Å². The standard InChI is InChI=1S/C12H7N3O4/c13-8-9-4-5-10(15(17)18)11(7-9)19-12-3-1-2-6-14(12)16/h1-7H. The molecule has 0 aliphatic carbocycles. The quantitative estimate of drug-likeness (QED) is 0.361. The minimum absolute atomic E-state index is 0.110. The highest BCUT2D eigenvalue weighted by atomic mass is 16.6. The lowest BCUT2D eigenvalue weighted by molar-refractivity contribution is -0.611. The summed E-state index contributed by atoms with van der Waals surface area (Å²) in [6.45, 7) is 0. The van der Waals surface area contributed by atoms with Gasteiger partial charge in [-0.3, -0.25) is 10.1 Å². The molecule has 0 unspecified atom stereocenters. The van der Waals surface area contributed by atoms with Crippen molar-refractivity contribution in [1.82, 2.24) is 0 Å². The first-order valence-corrected chi connectivity index (χ1v) is 5.16. The Kier molecular flexibility index (Phi) is 3.25. The molecule has 0 aliphatic heterocycles. The van der Waals surface area contributed by atoms with Crippen LogP contribution in [-0.2, 0) is 0 Å². The van der Waals surface area contributed by atoms with Gasteiger partial charge >= 0.3 is 11.6 Å². The number of nitrogens with zero attached hydrogens (tertiary/aromatic N) is 3. The van der Waals surface area contributed by atoms with Crippen LogP contribution >= 0.6 is 0 Å². The number of hydrogen-bond acceptors (Lipinski definition) is 5. The molecule has 2 aromatic rings. The van der Waals surface area contributed by atoms with Gasteiger partial charge in [-0.1, -0.05) is 0 Å². The molecule has 19 heavy (non-hydrogen) atoms. The third kappa shape index (κ3) is 2.58. The average Bonchev–Trinajstić information content (AvgIpc) is 2.41. The predicted molar refractivity (Wildman–Crippen MR) is 63.3 cm³/mol. The van der Waals surface area contributed by atoms with Crippen molar-refractivity contribution >= 4 is 5.69 Å². The monoisotopic (exact) mass is 257 g/mol. The summed E-state index contributed by atoms with van der Waals surface area (Å²) in [5, 5.41) is 31.0. The molecule has 94 valence electrons. The van der Waals surface area contributed by atoms with E-state index in [1.807, 2.05) is 6.07 Å². The summed E-state index contributed by atoms with van der Waals surface area (Å²) in [5.41, 5.74) is -0.114. The van der Waals surface area contributed by atoms with Gasteiger partial charge in [0.1, 0.15) is 0 Å². The van der Waals surface area contributed by atoms with Crippen molar-refractivity contribution in [2.75, 3.05) is 0 Å². The van der Waals surface area contributed by atoms with E-state index in [-0.39, 0.29) is 22.9 Å². The fourth-order valence-corrected chi connectivity index (χ4v) is 1.42. The van der Waals surface area contributed by atoms with Crippen molar-refractivity contribution in [3.8, 4) is 17.7 Å². The Hall–Kier alpha value is -3.14. The molecule has 0 atom stereocenters. The van der Waals surface area contributed by atoms with Gasteiger partial charge in [-0.25, -0.2) is 0 Å². The molecule has 2 rings (SSSR count). The predicted octanol–water partition coefficient (Wildman–Crippen LogP) is 1.89. The number of hydrogen-bond donors (Lipinski definition) is 0. The molecule has 1 heterocycles. The lowest BCUT2D eigenvalue weighted by atomic mass is 10.2. The lowest BCUT2D eigenvalue weighted by Crippen LogP contribution is -2.26. The largest absolute Gasteiger partial charge is 0.616 e. The summed E-state index contributed by atoms with van der Waals surface area (Å²) in [6, 6.07) is 9.96. The van der Waals surface area contributed by atoms with Gasteiger partial charge in [0.2, 0.25) is 5.75 Å². The normalized spacial score (nSPS) is 9.63. The smallest absolute Gasteiger partial charge is 0.385 e. The molecule has 0 amide bonds. The zero-order chi connectivity index (χ0) is 13.8. The molecule has 0 bridgehead atoms. The van der Waals surface area contributed by atoms with Gasteiger partial charge in [0.25, 0.3) is 0 Å². The average molecular weight is 257 g/mol. The molecule has 0 saturated carbocycles. The summed E-state index contributed by atoms with van der Waals surface area (Å²) in [4.78, 5) is 10.2. The van der Waals surface area contributed by atoms with Gasteiger partial charge in [0.15, 0.2) is 6.20 Å². The number of rotatable bonds is 3. The number of nitro groups is 1. The van der Waals surface area contributed by atoms with Gasteiger partial charge in [-0.15, -0.1) is 4.73 Å². The third-order valence-corrected chi connectivity index (χ3v) is 2.29. The highest BCUT2D eigenvalue weighted by Gasteiger charge is 2.19. The van der Waals surface area contributed by atoms with Gasteiger partial charge < -0.3 is 9.94 Å². The molecule has 7 heteroatoms. The van der Waals surface area contributed by atoms with E-state index in [9.17, 15) is 15.3 Å². The fraction of sp³-hybridized carbons (Fsp3) is 0. The Morgan fingerprint density at radius 3 is 2.74 bits per heavy atom. The van der Waals surface area contributed by atoms with E-state index in [0.29, 0.717) is 4.73 Å². The second kappa shape index (κ2) is 5.01. The van der Waals surface area contributed by atoms with Crippen molar-refractivity contribution in [2.24, 2.45) is 0 Å². The van der Waals surface area contributed by atoms with Gasteiger partial charge in [0, 0.05) is 18.2 Å². The molecule has 0 spiro atoms. The van der Waals surface area contributed by atoms with E-state index < -0.39 is 4.92 Å². The second-order valence-corrected chi connectivity index (χ2v) is 3.52. The molecule has 7 nitrogen and oxygen atoms in total. The van der Waals surface area contributed by atoms with Crippen LogP contribution in [-0.4, -0.2) is 4.92 Å². The van der Waals surface area contributed by atoms with Crippen LogP contribution < -0.4 is 9.47 Å². The number of pyridine rings is 1.